The summed E-state index contributed by atoms with van der Waals surface area (Å²) in [6.45, 7) is 1.47. The molecule has 21 heavy (non-hydrogen) atoms. The van der Waals surface area contributed by atoms with Gasteiger partial charge in [0.25, 0.3) is 0 Å². The molecule has 0 atom stereocenters. The maximum atomic E-state index is 6.00. The van der Waals surface area contributed by atoms with E-state index in [1.807, 2.05) is 24.3 Å². The summed E-state index contributed by atoms with van der Waals surface area (Å²) in [4.78, 5) is 0. The van der Waals surface area contributed by atoms with E-state index in [2.05, 4.69) is 0 Å². The molecule has 0 unspecified atom stereocenters. The van der Waals surface area contributed by atoms with E-state index in [-0.39, 0.29) is 0 Å². The Bertz CT molecular complexity index is 573. The molecule has 5 heteroatoms. The van der Waals surface area contributed by atoms with Crippen LogP contribution in [0.2, 0.25) is 10.0 Å². The van der Waals surface area contributed by atoms with E-state index in [4.69, 9.17) is 38.4 Å². The minimum atomic E-state index is 0.393. The Balaban J connectivity index is 1.77. The van der Waals surface area contributed by atoms with Gasteiger partial charge in [0, 0.05) is 11.1 Å². The fraction of sp³-hybridized carbons (Fsp3) is 0.250. The second kappa shape index (κ2) is 8.13. The molecule has 0 saturated heterocycles. The lowest BCUT2D eigenvalue weighted by Crippen LogP contribution is -2.09. The van der Waals surface area contributed by atoms with Crippen LogP contribution in [0.4, 0.5) is 0 Å². The molecule has 0 aromatic heterocycles. The van der Waals surface area contributed by atoms with E-state index in [9.17, 15) is 0 Å². The zero-order chi connectivity index (χ0) is 15.1. The number of benzene rings is 2. The summed E-state index contributed by atoms with van der Waals surface area (Å²) >= 11 is 11.9. The average Bonchev–Trinajstić information content (AvgIpc) is 2.49. The Morgan fingerprint density at radius 2 is 1.62 bits per heavy atom. The van der Waals surface area contributed by atoms with Crippen molar-refractivity contribution in [3.8, 4) is 11.5 Å². The largest absolute Gasteiger partial charge is 0.490 e. The molecule has 2 N–H and O–H groups in total. The van der Waals surface area contributed by atoms with Crippen LogP contribution in [0.25, 0.3) is 0 Å². The van der Waals surface area contributed by atoms with E-state index in [1.165, 1.54) is 5.56 Å². The molecule has 2 rings (SSSR count). The molecule has 0 bridgehead atoms. The normalized spacial score (nSPS) is 10.4. The van der Waals surface area contributed by atoms with Crippen molar-refractivity contribution in [2.75, 3.05) is 19.8 Å². The van der Waals surface area contributed by atoms with Crippen LogP contribution < -0.4 is 15.2 Å². The number of ether oxygens (including phenoxy) is 2. The lowest BCUT2D eigenvalue weighted by Gasteiger charge is -2.10. The highest BCUT2D eigenvalue weighted by molar-refractivity contribution is 6.34. The van der Waals surface area contributed by atoms with Gasteiger partial charge < -0.3 is 15.2 Å². The van der Waals surface area contributed by atoms with Crippen LogP contribution in [0.3, 0.4) is 0 Å². The Kier molecular flexibility index (Phi) is 6.18. The van der Waals surface area contributed by atoms with Gasteiger partial charge in [0.05, 0.1) is 5.02 Å². The summed E-state index contributed by atoms with van der Waals surface area (Å²) in [5.41, 5.74) is 6.71. The zero-order valence-electron chi connectivity index (χ0n) is 11.5. The van der Waals surface area contributed by atoms with E-state index in [0.717, 1.165) is 12.2 Å². The first kappa shape index (κ1) is 16.0. The standard InChI is InChI=1S/C16H17Cl2NO2/c17-13-3-6-15(18)16(11-13)21-10-9-20-14-4-1-12(2-5-14)7-8-19/h1-6,11H,7-10,19H2. The summed E-state index contributed by atoms with van der Waals surface area (Å²) in [6.07, 6.45) is 0.872. The molecule has 0 spiro atoms. The molecular weight excluding hydrogens is 309 g/mol. The Morgan fingerprint density at radius 1 is 0.905 bits per heavy atom. The van der Waals surface area contributed by atoms with Gasteiger partial charge in [-0.1, -0.05) is 35.3 Å². The second-order valence-corrected chi connectivity index (χ2v) is 5.30. The van der Waals surface area contributed by atoms with Crippen LogP contribution in [0.5, 0.6) is 11.5 Å². The van der Waals surface area contributed by atoms with Gasteiger partial charge in [-0.3, -0.25) is 0 Å². The Morgan fingerprint density at radius 3 is 2.33 bits per heavy atom. The van der Waals surface area contributed by atoms with Gasteiger partial charge >= 0.3 is 0 Å². The molecule has 3 nitrogen and oxygen atoms in total. The first-order valence-corrected chi connectivity index (χ1v) is 7.44. The molecule has 0 heterocycles. The van der Waals surface area contributed by atoms with Gasteiger partial charge in [-0.2, -0.15) is 0 Å². The fourth-order valence-corrected chi connectivity index (χ4v) is 2.15. The molecule has 0 amide bonds. The Hall–Kier alpha value is -1.42. The number of hydrogen-bond donors (Lipinski definition) is 1. The van der Waals surface area contributed by atoms with E-state index in [1.54, 1.807) is 18.2 Å². The van der Waals surface area contributed by atoms with Crippen LogP contribution in [0, 0.1) is 0 Å². The van der Waals surface area contributed by atoms with Gasteiger partial charge in [-0.15, -0.1) is 0 Å². The second-order valence-electron chi connectivity index (χ2n) is 4.45. The molecule has 112 valence electrons. The fourth-order valence-electron chi connectivity index (χ4n) is 1.82. The highest BCUT2D eigenvalue weighted by Gasteiger charge is 2.02. The van der Waals surface area contributed by atoms with Crippen molar-refractivity contribution < 1.29 is 9.47 Å². The van der Waals surface area contributed by atoms with Gasteiger partial charge in [0.2, 0.25) is 0 Å². The molecule has 0 aliphatic heterocycles. The van der Waals surface area contributed by atoms with Crippen LogP contribution in [-0.2, 0) is 6.42 Å². The minimum Gasteiger partial charge on any atom is -0.490 e. The van der Waals surface area contributed by atoms with Crippen molar-refractivity contribution in [2.45, 2.75) is 6.42 Å². The first-order chi connectivity index (χ1) is 10.2. The molecule has 2 aromatic rings. The molecule has 0 saturated carbocycles. The topological polar surface area (TPSA) is 44.5 Å². The molecule has 2 aromatic carbocycles. The SMILES string of the molecule is NCCc1ccc(OCCOc2cc(Cl)ccc2Cl)cc1. The maximum absolute atomic E-state index is 6.00. The monoisotopic (exact) mass is 325 g/mol. The summed E-state index contributed by atoms with van der Waals surface area (Å²) in [5.74, 6) is 1.36. The number of nitrogens with two attached hydrogens (primary N) is 1. The van der Waals surface area contributed by atoms with E-state index < -0.39 is 0 Å². The minimum absolute atomic E-state index is 0.393. The molecule has 0 radical (unpaired) electrons. The van der Waals surface area contributed by atoms with Crippen LogP contribution in [0.1, 0.15) is 5.56 Å². The van der Waals surface area contributed by atoms with Crippen molar-refractivity contribution in [2.24, 2.45) is 5.73 Å². The van der Waals surface area contributed by atoms with Gasteiger partial charge in [0.1, 0.15) is 24.7 Å². The third kappa shape index (κ3) is 5.12. The molecule has 0 aliphatic carbocycles. The molecule has 0 fully saturated rings. The van der Waals surface area contributed by atoms with Crippen molar-refractivity contribution in [1.29, 1.82) is 0 Å². The quantitative estimate of drug-likeness (QED) is 0.784. The van der Waals surface area contributed by atoms with Crippen molar-refractivity contribution in [3.63, 3.8) is 0 Å². The van der Waals surface area contributed by atoms with Gasteiger partial charge in [0.15, 0.2) is 0 Å². The predicted molar refractivity (Wildman–Crippen MR) is 86.7 cm³/mol. The number of rotatable bonds is 7. The predicted octanol–water partition coefficient (Wildman–Crippen LogP) is 3.95. The van der Waals surface area contributed by atoms with Crippen molar-refractivity contribution in [1.82, 2.24) is 0 Å². The summed E-state index contributed by atoms with van der Waals surface area (Å²) in [5, 5.41) is 1.12. The van der Waals surface area contributed by atoms with Gasteiger partial charge in [-0.05, 0) is 42.8 Å². The van der Waals surface area contributed by atoms with Crippen molar-refractivity contribution in [3.05, 3.63) is 58.1 Å². The van der Waals surface area contributed by atoms with Gasteiger partial charge in [-0.25, -0.2) is 0 Å². The lowest BCUT2D eigenvalue weighted by molar-refractivity contribution is 0.217. The van der Waals surface area contributed by atoms with Crippen LogP contribution in [-0.4, -0.2) is 19.8 Å². The first-order valence-electron chi connectivity index (χ1n) is 6.68. The molecular formula is C16H17Cl2NO2. The summed E-state index contributed by atoms with van der Waals surface area (Å²) in [6, 6.07) is 13.0. The average molecular weight is 326 g/mol. The smallest absolute Gasteiger partial charge is 0.139 e. The number of halogens is 2. The van der Waals surface area contributed by atoms with Crippen molar-refractivity contribution >= 4 is 23.2 Å². The van der Waals surface area contributed by atoms with E-state index >= 15 is 0 Å². The van der Waals surface area contributed by atoms with Crippen LogP contribution >= 0.6 is 23.2 Å². The summed E-state index contributed by atoms with van der Waals surface area (Å²) in [7, 11) is 0. The number of hydrogen-bond acceptors (Lipinski definition) is 3. The lowest BCUT2D eigenvalue weighted by atomic mass is 10.1. The third-order valence-corrected chi connectivity index (χ3v) is 3.41. The summed E-state index contributed by atoms with van der Waals surface area (Å²) < 4.78 is 11.1. The highest BCUT2D eigenvalue weighted by Crippen LogP contribution is 2.27. The molecule has 0 aliphatic rings. The van der Waals surface area contributed by atoms with E-state index in [0.29, 0.717) is 35.6 Å². The third-order valence-electron chi connectivity index (χ3n) is 2.86. The van der Waals surface area contributed by atoms with Crippen LogP contribution in [0.15, 0.2) is 42.5 Å². The maximum Gasteiger partial charge on any atom is 0.139 e. The Labute approximate surface area is 134 Å². The zero-order valence-corrected chi connectivity index (χ0v) is 13.0. The highest BCUT2D eigenvalue weighted by atomic mass is 35.5.